The quantitative estimate of drug-likeness (QED) is 0.565. The molecule has 0 atom stereocenters. The molecule has 0 aliphatic rings. The highest BCUT2D eigenvalue weighted by molar-refractivity contribution is 7.85. The molecule has 22 heavy (non-hydrogen) atoms. The van der Waals surface area contributed by atoms with Gasteiger partial charge in [0.15, 0.2) is 0 Å². The standard InChI is InChI=1S/C13H9N3O5S/c17-13(9-4-3-5-10(8-9)22(18,19)20)21-16-12-7-2-1-6-11(12)14-15-16/h1-8H,(H,18,19,20). The molecule has 112 valence electrons. The van der Waals surface area contributed by atoms with E-state index in [4.69, 9.17) is 9.39 Å². The van der Waals surface area contributed by atoms with Gasteiger partial charge in [0, 0.05) is 0 Å². The van der Waals surface area contributed by atoms with Crippen molar-refractivity contribution in [3.63, 3.8) is 0 Å². The number of para-hydroxylation sites is 1. The Morgan fingerprint density at radius 2 is 1.91 bits per heavy atom. The molecule has 0 saturated carbocycles. The maximum atomic E-state index is 12.0. The van der Waals surface area contributed by atoms with E-state index in [2.05, 4.69) is 10.3 Å². The Kier molecular flexibility index (Phi) is 3.35. The van der Waals surface area contributed by atoms with Crippen molar-refractivity contribution in [2.75, 3.05) is 0 Å². The number of hydrogen-bond acceptors (Lipinski definition) is 6. The summed E-state index contributed by atoms with van der Waals surface area (Å²) in [7, 11) is -4.40. The van der Waals surface area contributed by atoms with Gasteiger partial charge in [-0.3, -0.25) is 4.55 Å². The lowest BCUT2D eigenvalue weighted by Gasteiger charge is -2.04. The second-order valence-electron chi connectivity index (χ2n) is 4.33. The van der Waals surface area contributed by atoms with Crippen molar-refractivity contribution in [2.45, 2.75) is 4.90 Å². The molecule has 0 saturated heterocycles. The molecule has 0 unspecified atom stereocenters. The first kappa shape index (κ1) is 14.2. The number of benzene rings is 2. The van der Waals surface area contributed by atoms with Gasteiger partial charge >= 0.3 is 5.97 Å². The number of aromatic nitrogens is 3. The molecule has 0 bridgehead atoms. The molecule has 2 aromatic carbocycles. The highest BCUT2D eigenvalue weighted by atomic mass is 32.2. The number of rotatable bonds is 3. The lowest BCUT2D eigenvalue weighted by Crippen LogP contribution is -2.21. The van der Waals surface area contributed by atoms with E-state index < -0.39 is 21.0 Å². The largest absolute Gasteiger partial charge is 0.365 e. The first-order valence-corrected chi connectivity index (χ1v) is 7.50. The van der Waals surface area contributed by atoms with Gasteiger partial charge in [0.2, 0.25) is 0 Å². The van der Waals surface area contributed by atoms with Crippen molar-refractivity contribution in [1.29, 1.82) is 0 Å². The minimum Gasteiger partial charge on any atom is -0.312 e. The average Bonchev–Trinajstić information content (AvgIpc) is 2.90. The summed E-state index contributed by atoms with van der Waals surface area (Å²) >= 11 is 0. The molecule has 0 aliphatic carbocycles. The summed E-state index contributed by atoms with van der Waals surface area (Å²) in [6.07, 6.45) is 0. The number of fused-ring (bicyclic) bond motifs is 1. The van der Waals surface area contributed by atoms with Crippen molar-refractivity contribution in [1.82, 2.24) is 15.2 Å². The third-order valence-electron chi connectivity index (χ3n) is 2.86. The van der Waals surface area contributed by atoms with Crippen LogP contribution >= 0.6 is 0 Å². The van der Waals surface area contributed by atoms with Crippen LogP contribution in [0.2, 0.25) is 0 Å². The molecule has 1 aromatic heterocycles. The molecule has 8 nitrogen and oxygen atoms in total. The van der Waals surface area contributed by atoms with E-state index in [-0.39, 0.29) is 5.56 Å². The fourth-order valence-corrected chi connectivity index (χ4v) is 2.36. The van der Waals surface area contributed by atoms with E-state index >= 15 is 0 Å². The number of carbonyl (C=O) groups is 1. The average molecular weight is 319 g/mol. The summed E-state index contributed by atoms with van der Waals surface area (Å²) in [5.74, 6) is -0.832. The second-order valence-corrected chi connectivity index (χ2v) is 5.75. The highest BCUT2D eigenvalue weighted by Crippen LogP contribution is 2.13. The Hall–Kier alpha value is -2.78. The maximum absolute atomic E-state index is 12.0. The molecule has 3 aromatic rings. The van der Waals surface area contributed by atoms with Crippen molar-refractivity contribution < 1.29 is 22.6 Å². The number of hydrogen-bond donors (Lipinski definition) is 1. The van der Waals surface area contributed by atoms with Gasteiger partial charge in [0.1, 0.15) is 11.0 Å². The van der Waals surface area contributed by atoms with Crippen molar-refractivity contribution >= 4 is 27.1 Å². The van der Waals surface area contributed by atoms with Gasteiger partial charge < -0.3 is 4.84 Å². The molecule has 3 rings (SSSR count). The van der Waals surface area contributed by atoms with E-state index in [1.165, 1.54) is 12.1 Å². The molecular formula is C13H9N3O5S. The summed E-state index contributed by atoms with van der Waals surface area (Å²) in [6, 6.07) is 11.7. The second kappa shape index (κ2) is 5.20. The van der Waals surface area contributed by atoms with Gasteiger partial charge in [-0.25, -0.2) is 4.79 Å². The van der Waals surface area contributed by atoms with E-state index in [0.717, 1.165) is 17.0 Å². The van der Waals surface area contributed by atoms with Crippen LogP contribution in [0.25, 0.3) is 11.0 Å². The molecule has 0 spiro atoms. The SMILES string of the molecule is O=C(On1nnc2ccccc21)c1cccc(S(=O)(=O)O)c1. The Bertz CT molecular complexity index is 964. The first-order valence-electron chi connectivity index (χ1n) is 6.06. The molecule has 0 amide bonds. The zero-order valence-electron chi connectivity index (χ0n) is 10.9. The van der Waals surface area contributed by atoms with Gasteiger partial charge in [-0.15, -0.1) is 5.10 Å². The summed E-state index contributed by atoms with van der Waals surface area (Å²) in [6.45, 7) is 0. The van der Waals surface area contributed by atoms with Crippen molar-refractivity contribution in [3.05, 3.63) is 54.1 Å². The zero-order chi connectivity index (χ0) is 15.7. The predicted molar refractivity (Wildman–Crippen MR) is 74.7 cm³/mol. The summed E-state index contributed by atoms with van der Waals surface area (Å²) in [4.78, 5) is 17.6. The predicted octanol–water partition coefficient (Wildman–Crippen LogP) is 0.947. The van der Waals surface area contributed by atoms with Crippen molar-refractivity contribution in [3.8, 4) is 0 Å². The summed E-state index contributed by atoms with van der Waals surface area (Å²) < 4.78 is 31.1. The molecule has 9 heteroatoms. The Morgan fingerprint density at radius 1 is 1.14 bits per heavy atom. The minimum absolute atomic E-state index is 0.0466. The molecule has 0 radical (unpaired) electrons. The Labute approximate surface area is 124 Å². The lowest BCUT2D eigenvalue weighted by atomic mass is 10.2. The fraction of sp³-hybridized carbons (Fsp3) is 0. The third kappa shape index (κ3) is 2.67. The van der Waals surface area contributed by atoms with Crippen LogP contribution in [0, 0.1) is 0 Å². The third-order valence-corrected chi connectivity index (χ3v) is 3.71. The maximum Gasteiger partial charge on any atom is 0.365 e. The monoisotopic (exact) mass is 319 g/mol. The van der Waals surface area contributed by atoms with Gasteiger partial charge in [0.25, 0.3) is 10.1 Å². The topological polar surface area (TPSA) is 111 Å². The molecule has 0 fully saturated rings. The molecule has 1 heterocycles. The van der Waals surface area contributed by atoms with Crippen LogP contribution in [0.5, 0.6) is 0 Å². The van der Waals surface area contributed by atoms with Crippen LogP contribution in [-0.4, -0.2) is 34.1 Å². The van der Waals surface area contributed by atoms with Gasteiger partial charge in [0.05, 0.1) is 10.5 Å². The van der Waals surface area contributed by atoms with E-state index in [9.17, 15) is 13.2 Å². The molecular weight excluding hydrogens is 310 g/mol. The fourth-order valence-electron chi connectivity index (χ4n) is 1.83. The summed E-state index contributed by atoms with van der Waals surface area (Å²) in [5.41, 5.74) is 0.985. The van der Waals surface area contributed by atoms with Crippen LogP contribution < -0.4 is 4.84 Å². The van der Waals surface area contributed by atoms with Gasteiger partial charge in [-0.1, -0.05) is 23.0 Å². The summed E-state index contributed by atoms with van der Waals surface area (Å²) in [5, 5.41) is 7.51. The number of carbonyl (C=O) groups excluding carboxylic acids is 1. The Morgan fingerprint density at radius 3 is 2.68 bits per heavy atom. The minimum atomic E-state index is -4.40. The smallest absolute Gasteiger partial charge is 0.312 e. The van der Waals surface area contributed by atoms with Crippen molar-refractivity contribution in [2.24, 2.45) is 0 Å². The Balaban J connectivity index is 1.92. The van der Waals surface area contributed by atoms with Crippen LogP contribution in [-0.2, 0) is 10.1 Å². The lowest BCUT2D eigenvalue weighted by molar-refractivity contribution is 0.0408. The van der Waals surface area contributed by atoms with Crippen LogP contribution in [0.15, 0.2) is 53.4 Å². The van der Waals surface area contributed by atoms with Crippen LogP contribution in [0.4, 0.5) is 0 Å². The molecule has 1 N–H and O–H groups in total. The highest BCUT2D eigenvalue weighted by Gasteiger charge is 2.16. The zero-order valence-corrected chi connectivity index (χ0v) is 11.8. The van der Waals surface area contributed by atoms with Crippen LogP contribution in [0.3, 0.4) is 0 Å². The van der Waals surface area contributed by atoms with Crippen LogP contribution in [0.1, 0.15) is 10.4 Å². The van der Waals surface area contributed by atoms with Gasteiger partial charge in [-0.2, -0.15) is 8.42 Å². The van der Waals surface area contributed by atoms with E-state index in [1.807, 2.05) is 0 Å². The van der Waals surface area contributed by atoms with E-state index in [1.54, 1.807) is 24.3 Å². The number of nitrogens with zero attached hydrogens (tertiary/aromatic N) is 3. The first-order chi connectivity index (χ1) is 10.4. The van der Waals surface area contributed by atoms with Gasteiger partial charge in [-0.05, 0) is 35.5 Å². The normalized spacial score (nSPS) is 11.5. The molecule has 0 aliphatic heterocycles. The van der Waals surface area contributed by atoms with E-state index in [0.29, 0.717) is 11.0 Å².